The van der Waals surface area contributed by atoms with Gasteiger partial charge in [0.15, 0.2) is 11.5 Å². The van der Waals surface area contributed by atoms with Gasteiger partial charge in [-0.3, -0.25) is 9.59 Å². The van der Waals surface area contributed by atoms with E-state index in [9.17, 15) is 9.59 Å². The molecule has 1 amide bonds. The Morgan fingerprint density at radius 2 is 1.85 bits per heavy atom. The third-order valence-corrected chi connectivity index (χ3v) is 3.93. The number of aryl methyl sites for hydroxylation is 1. The second-order valence-corrected chi connectivity index (χ2v) is 5.87. The van der Waals surface area contributed by atoms with Crippen LogP contribution in [0.3, 0.4) is 0 Å². The van der Waals surface area contributed by atoms with Crippen LogP contribution in [0.2, 0.25) is 0 Å². The van der Waals surface area contributed by atoms with Crippen LogP contribution in [-0.4, -0.2) is 24.1 Å². The number of amides is 1. The van der Waals surface area contributed by atoms with E-state index in [1.807, 2.05) is 43.3 Å². The number of nitrogens with one attached hydrogen (secondary N) is 1. The maximum atomic E-state index is 11.6. The van der Waals surface area contributed by atoms with E-state index in [0.717, 1.165) is 16.7 Å². The molecule has 0 unspecified atom stereocenters. The summed E-state index contributed by atoms with van der Waals surface area (Å²) in [6.07, 6.45) is -0.221. The van der Waals surface area contributed by atoms with Crippen LogP contribution >= 0.6 is 0 Å². The van der Waals surface area contributed by atoms with Gasteiger partial charge in [-0.1, -0.05) is 30.3 Å². The highest BCUT2D eigenvalue weighted by Gasteiger charge is 2.09. The second-order valence-electron chi connectivity index (χ2n) is 5.87. The number of methoxy groups -OCH3 is 1. The summed E-state index contributed by atoms with van der Waals surface area (Å²) in [5, 5.41) is 11.3. The van der Waals surface area contributed by atoms with Crippen LogP contribution in [0.5, 0.6) is 11.5 Å². The van der Waals surface area contributed by atoms with Crippen LogP contribution < -0.4 is 14.8 Å². The molecule has 0 aliphatic carbocycles. The molecule has 2 aromatic rings. The minimum Gasteiger partial charge on any atom is -0.493 e. The van der Waals surface area contributed by atoms with E-state index in [0.29, 0.717) is 24.7 Å². The topological polar surface area (TPSA) is 84.9 Å². The Morgan fingerprint density at radius 1 is 1.08 bits per heavy atom. The summed E-state index contributed by atoms with van der Waals surface area (Å²) < 4.78 is 11.2. The number of benzene rings is 2. The summed E-state index contributed by atoms with van der Waals surface area (Å²) in [4.78, 5) is 22.1. The van der Waals surface area contributed by atoms with E-state index >= 15 is 0 Å². The van der Waals surface area contributed by atoms with E-state index in [4.69, 9.17) is 14.6 Å². The van der Waals surface area contributed by atoms with E-state index in [1.54, 1.807) is 13.2 Å². The predicted molar refractivity (Wildman–Crippen MR) is 97.2 cm³/mol. The summed E-state index contributed by atoms with van der Waals surface area (Å²) in [5.74, 6) is -0.0883. The zero-order valence-corrected chi connectivity index (χ0v) is 15.0. The Kier molecular flexibility index (Phi) is 7.02. The molecule has 0 aliphatic heterocycles. The average Bonchev–Trinajstić information content (AvgIpc) is 2.64. The Bertz CT molecular complexity index is 773. The minimum absolute atomic E-state index is 0.0396. The molecule has 2 rings (SSSR count). The van der Waals surface area contributed by atoms with Gasteiger partial charge in [-0.15, -0.1) is 0 Å². The Morgan fingerprint density at radius 3 is 2.54 bits per heavy atom. The number of hydrogen-bond donors (Lipinski definition) is 2. The quantitative estimate of drug-likeness (QED) is 0.720. The van der Waals surface area contributed by atoms with Gasteiger partial charge in [0.05, 0.1) is 13.5 Å². The number of carboxylic acid groups (broad SMARTS) is 1. The molecule has 0 heterocycles. The molecular weight excluding hydrogens is 334 g/mol. The molecule has 2 aromatic carbocycles. The first-order valence-corrected chi connectivity index (χ1v) is 8.32. The zero-order valence-electron chi connectivity index (χ0n) is 15.0. The lowest BCUT2D eigenvalue weighted by molar-refractivity contribution is -0.138. The first-order chi connectivity index (χ1) is 12.5. The molecule has 6 nitrogen and oxygen atoms in total. The molecule has 0 atom stereocenters. The van der Waals surface area contributed by atoms with Gasteiger partial charge in [0.2, 0.25) is 5.91 Å². The predicted octanol–water partition coefficient (Wildman–Crippen LogP) is 3.06. The van der Waals surface area contributed by atoms with Gasteiger partial charge in [0.1, 0.15) is 6.61 Å². The average molecular weight is 357 g/mol. The van der Waals surface area contributed by atoms with Crippen molar-refractivity contribution in [2.75, 3.05) is 7.11 Å². The molecule has 0 saturated heterocycles. The molecule has 0 spiro atoms. The summed E-state index contributed by atoms with van der Waals surface area (Å²) in [6.45, 7) is 2.74. The van der Waals surface area contributed by atoms with Crippen LogP contribution in [0.4, 0.5) is 0 Å². The van der Waals surface area contributed by atoms with Gasteiger partial charge in [0.25, 0.3) is 0 Å². The second kappa shape index (κ2) is 9.46. The van der Waals surface area contributed by atoms with Crippen molar-refractivity contribution in [1.29, 1.82) is 0 Å². The van der Waals surface area contributed by atoms with E-state index < -0.39 is 5.97 Å². The van der Waals surface area contributed by atoms with Crippen LogP contribution in [0, 0.1) is 6.92 Å². The molecule has 6 heteroatoms. The fraction of sp³-hybridized carbons (Fsp3) is 0.300. The highest BCUT2D eigenvalue weighted by atomic mass is 16.5. The van der Waals surface area contributed by atoms with E-state index in [1.165, 1.54) is 0 Å². The number of aliphatic carboxylic acids is 1. The van der Waals surface area contributed by atoms with Crippen molar-refractivity contribution in [3.63, 3.8) is 0 Å². The SMILES string of the molecule is COc1ccc(CNC(=O)CCC(=O)O)cc1OCc1ccccc1C. The Labute approximate surface area is 152 Å². The van der Waals surface area contributed by atoms with Crippen molar-refractivity contribution in [3.8, 4) is 11.5 Å². The van der Waals surface area contributed by atoms with Crippen LogP contribution in [-0.2, 0) is 22.7 Å². The molecule has 0 aromatic heterocycles. The van der Waals surface area contributed by atoms with Gasteiger partial charge in [-0.2, -0.15) is 0 Å². The summed E-state index contributed by atoms with van der Waals surface area (Å²) in [6, 6.07) is 13.4. The lowest BCUT2D eigenvalue weighted by atomic mass is 10.1. The molecular formula is C20H23NO5. The van der Waals surface area contributed by atoms with Crippen molar-refractivity contribution < 1.29 is 24.2 Å². The summed E-state index contributed by atoms with van der Waals surface area (Å²) in [5.41, 5.74) is 3.07. The first kappa shape index (κ1) is 19.3. The number of carboxylic acids is 1. The highest BCUT2D eigenvalue weighted by Crippen LogP contribution is 2.29. The van der Waals surface area contributed by atoms with Crippen LogP contribution in [0.25, 0.3) is 0 Å². The summed E-state index contributed by atoms with van der Waals surface area (Å²) in [7, 11) is 1.57. The normalized spacial score (nSPS) is 10.2. The highest BCUT2D eigenvalue weighted by molar-refractivity contribution is 5.80. The van der Waals surface area contributed by atoms with Crippen LogP contribution in [0.15, 0.2) is 42.5 Å². The smallest absolute Gasteiger partial charge is 0.303 e. The lowest BCUT2D eigenvalue weighted by Gasteiger charge is -2.14. The van der Waals surface area contributed by atoms with E-state index in [-0.39, 0.29) is 18.7 Å². The van der Waals surface area contributed by atoms with Gasteiger partial charge in [0, 0.05) is 13.0 Å². The van der Waals surface area contributed by atoms with Crippen molar-refractivity contribution in [2.24, 2.45) is 0 Å². The van der Waals surface area contributed by atoms with Crippen molar-refractivity contribution in [1.82, 2.24) is 5.32 Å². The van der Waals surface area contributed by atoms with Gasteiger partial charge in [-0.25, -0.2) is 0 Å². The monoisotopic (exact) mass is 357 g/mol. The largest absolute Gasteiger partial charge is 0.493 e. The number of ether oxygens (including phenoxy) is 2. The number of hydrogen-bond acceptors (Lipinski definition) is 4. The third-order valence-electron chi connectivity index (χ3n) is 3.93. The fourth-order valence-corrected chi connectivity index (χ4v) is 2.38. The van der Waals surface area contributed by atoms with Gasteiger partial charge < -0.3 is 19.9 Å². The zero-order chi connectivity index (χ0) is 18.9. The first-order valence-electron chi connectivity index (χ1n) is 8.32. The standard InChI is InChI=1S/C20H23NO5/c1-14-5-3-4-6-16(14)13-26-18-11-15(7-8-17(18)25-2)12-21-19(22)9-10-20(23)24/h3-8,11H,9-10,12-13H2,1-2H3,(H,21,22)(H,23,24). The molecule has 2 N–H and O–H groups in total. The molecule has 138 valence electrons. The number of carbonyl (C=O) groups is 2. The van der Waals surface area contributed by atoms with E-state index in [2.05, 4.69) is 5.32 Å². The molecule has 0 radical (unpaired) electrons. The van der Waals surface area contributed by atoms with Crippen molar-refractivity contribution in [3.05, 3.63) is 59.2 Å². The molecule has 0 bridgehead atoms. The maximum absolute atomic E-state index is 11.6. The molecule has 0 aliphatic rings. The number of carbonyl (C=O) groups excluding carboxylic acids is 1. The third kappa shape index (κ3) is 5.81. The lowest BCUT2D eigenvalue weighted by Crippen LogP contribution is -2.23. The molecule has 0 saturated carbocycles. The maximum Gasteiger partial charge on any atom is 0.303 e. The number of rotatable bonds is 9. The van der Waals surface area contributed by atoms with Crippen LogP contribution in [0.1, 0.15) is 29.5 Å². The summed E-state index contributed by atoms with van der Waals surface area (Å²) >= 11 is 0. The van der Waals surface area contributed by atoms with Gasteiger partial charge in [-0.05, 0) is 35.7 Å². The minimum atomic E-state index is -0.989. The van der Waals surface area contributed by atoms with Crippen molar-refractivity contribution in [2.45, 2.75) is 32.9 Å². The van der Waals surface area contributed by atoms with Gasteiger partial charge >= 0.3 is 5.97 Å². The Hall–Kier alpha value is -3.02. The Balaban J connectivity index is 2.00. The fourth-order valence-electron chi connectivity index (χ4n) is 2.38. The molecule has 26 heavy (non-hydrogen) atoms. The van der Waals surface area contributed by atoms with Crippen molar-refractivity contribution >= 4 is 11.9 Å². The molecule has 0 fully saturated rings.